The average Bonchev–Trinajstić information content (AvgIpc) is 3.21. The predicted molar refractivity (Wildman–Crippen MR) is 85.1 cm³/mol. The Labute approximate surface area is 129 Å². The van der Waals surface area contributed by atoms with E-state index in [4.69, 9.17) is 4.74 Å². The summed E-state index contributed by atoms with van der Waals surface area (Å²) in [5.74, 6) is 1.84. The van der Waals surface area contributed by atoms with Gasteiger partial charge in [-0.1, -0.05) is 20.8 Å². The lowest BCUT2D eigenvalue weighted by Crippen LogP contribution is -2.62. The number of hydrogen-bond donors (Lipinski definition) is 1. The maximum Gasteiger partial charge on any atom is 0.327 e. The number of nitrogens with one attached hydrogen (secondary N) is 1. The number of nitrogens with zero attached hydrogens (tertiary/aromatic N) is 1. The molecule has 1 saturated heterocycles. The van der Waals surface area contributed by atoms with Crippen molar-refractivity contribution in [1.82, 2.24) is 10.2 Å². The molecule has 1 heterocycles. The lowest BCUT2D eigenvalue weighted by Gasteiger charge is -2.42. The van der Waals surface area contributed by atoms with E-state index in [0.29, 0.717) is 12.5 Å². The van der Waals surface area contributed by atoms with Crippen molar-refractivity contribution < 1.29 is 9.53 Å². The van der Waals surface area contributed by atoms with Crippen LogP contribution in [0.1, 0.15) is 47.0 Å². The van der Waals surface area contributed by atoms with Gasteiger partial charge in [-0.05, 0) is 50.5 Å². The Morgan fingerprint density at radius 3 is 2.33 bits per heavy atom. The van der Waals surface area contributed by atoms with Crippen LogP contribution in [-0.2, 0) is 9.53 Å². The van der Waals surface area contributed by atoms with Gasteiger partial charge in [-0.3, -0.25) is 0 Å². The summed E-state index contributed by atoms with van der Waals surface area (Å²) >= 11 is 0. The predicted octanol–water partition coefficient (Wildman–Crippen LogP) is 2.29. The fraction of sp³-hybridized carbons (Fsp3) is 0.941. The molecule has 2 rings (SSSR count). The molecule has 4 nitrogen and oxygen atoms in total. The number of likely N-dealkylation sites (tertiary alicyclic amines) is 1. The second-order valence-electron chi connectivity index (χ2n) is 7.14. The molecule has 0 bridgehead atoms. The maximum absolute atomic E-state index is 12.7. The van der Waals surface area contributed by atoms with Crippen molar-refractivity contribution in [2.24, 2.45) is 17.8 Å². The molecule has 2 aliphatic rings. The summed E-state index contributed by atoms with van der Waals surface area (Å²) in [7, 11) is 0. The molecule has 122 valence electrons. The van der Waals surface area contributed by atoms with E-state index in [1.165, 1.54) is 6.42 Å². The van der Waals surface area contributed by atoms with Crippen LogP contribution in [0.3, 0.4) is 0 Å². The van der Waals surface area contributed by atoms with Crippen LogP contribution in [0.15, 0.2) is 0 Å². The first-order valence-electron chi connectivity index (χ1n) is 8.66. The quantitative estimate of drug-likeness (QED) is 0.732. The summed E-state index contributed by atoms with van der Waals surface area (Å²) in [4.78, 5) is 15.1. The van der Waals surface area contributed by atoms with Crippen molar-refractivity contribution >= 4 is 5.97 Å². The number of piperidine rings is 1. The van der Waals surface area contributed by atoms with Gasteiger partial charge >= 0.3 is 5.97 Å². The SMILES string of the molecule is CCNC(CN1CC(C)CC(C)C1)(C(=O)OCC)C1CC1. The third-order valence-corrected chi connectivity index (χ3v) is 4.82. The highest BCUT2D eigenvalue weighted by atomic mass is 16.5. The molecule has 0 spiro atoms. The third-order valence-electron chi connectivity index (χ3n) is 4.82. The van der Waals surface area contributed by atoms with Crippen molar-refractivity contribution in [2.75, 3.05) is 32.8 Å². The van der Waals surface area contributed by atoms with Crippen LogP contribution >= 0.6 is 0 Å². The summed E-state index contributed by atoms with van der Waals surface area (Å²) in [6.07, 6.45) is 3.59. The van der Waals surface area contributed by atoms with Gasteiger partial charge in [-0.15, -0.1) is 0 Å². The zero-order chi connectivity index (χ0) is 15.5. The molecule has 3 unspecified atom stereocenters. The molecule has 1 aliphatic heterocycles. The van der Waals surface area contributed by atoms with Gasteiger partial charge in [0.2, 0.25) is 0 Å². The summed E-state index contributed by atoms with van der Waals surface area (Å²) in [6, 6.07) is 0. The molecule has 0 radical (unpaired) electrons. The van der Waals surface area contributed by atoms with Crippen LogP contribution in [0.5, 0.6) is 0 Å². The molecule has 0 amide bonds. The van der Waals surface area contributed by atoms with E-state index < -0.39 is 5.54 Å². The highest BCUT2D eigenvalue weighted by molar-refractivity contribution is 5.82. The van der Waals surface area contributed by atoms with Gasteiger partial charge in [-0.25, -0.2) is 4.79 Å². The van der Waals surface area contributed by atoms with Gasteiger partial charge in [0.05, 0.1) is 6.61 Å². The number of hydrogen-bond acceptors (Lipinski definition) is 4. The van der Waals surface area contributed by atoms with E-state index in [1.807, 2.05) is 6.92 Å². The van der Waals surface area contributed by atoms with E-state index in [-0.39, 0.29) is 5.97 Å². The number of carbonyl (C=O) groups is 1. The lowest BCUT2D eigenvalue weighted by molar-refractivity contribution is -0.153. The number of esters is 1. The molecule has 4 heteroatoms. The van der Waals surface area contributed by atoms with Gasteiger partial charge in [-0.2, -0.15) is 0 Å². The van der Waals surface area contributed by atoms with Crippen LogP contribution in [0.2, 0.25) is 0 Å². The second-order valence-corrected chi connectivity index (χ2v) is 7.14. The molecule has 21 heavy (non-hydrogen) atoms. The summed E-state index contributed by atoms with van der Waals surface area (Å²) in [5.41, 5.74) is -0.485. The minimum absolute atomic E-state index is 0.0415. The Balaban J connectivity index is 2.12. The smallest absolute Gasteiger partial charge is 0.327 e. The van der Waals surface area contributed by atoms with Crippen LogP contribution < -0.4 is 5.32 Å². The minimum atomic E-state index is -0.485. The van der Waals surface area contributed by atoms with Gasteiger partial charge in [0, 0.05) is 19.6 Å². The van der Waals surface area contributed by atoms with E-state index in [1.54, 1.807) is 0 Å². The molecule has 1 aliphatic carbocycles. The Kier molecular flexibility index (Phi) is 5.67. The van der Waals surface area contributed by atoms with Gasteiger partial charge < -0.3 is 15.0 Å². The molecule has 1 saturated carbocycles. The number of rotatable bonds is 7. The largest absolute Gasteiger partial charge is 0.465 e. The Morgan fingerprint density at radius 1 is 1.24 bits per heavy atom. The molecular formula is C17H32N2O2. The fourth-order valence-corrected chi connectivity index (χ4v) is 4.06. The molecule has 1 N–H and O–H groups in total. The summed E-state index contributed by atoms with van der Waals surface area (Å²) < 4.78 is 5.43. The van der Waals surface area contributed by atoms with Crippen molar-refractivity contribution in [2.45, 2.75) is 52.5 Å². The highest BCUT2D eigenvalue weighted by Gasteiger charge is 2.52. The van der Waals surface area contributed by atoms with Crippen LogP contribution in [0.25, 0.3) is 0 Å². The number of carbonyl (C=O) groups excluding carboxylic acids is 1. The van der Waals surface area contributed by atoms with E-state index >= 15 is 0 Å². The highest BCUT2D eigenvalue weighted by Crippen LogP contribution is 2.41. The number of likely N-dealkylation sites (N-methyl/N-ethyl adjacent to an activating group) is 1. The lowest BCUT2D eigenvalue weighted by atomic mass is 9.87. The van der Waals surface area contributed by atoms with Gasteiger partial charge in [0.15, 0.2) is 0 Å². The maximum atomic E-state index is 12.7. The summed E-state index contributed by atoms with van der Waals surface area (Å²) in [5, 5.41) is 3.50. The Hall–Kier alpha value is -0.610. The molecule has 2 fully saturated rings. The number of ether oxygens (including phenoxy) is 1. The molecule has 0 aromatic heterocycles. The van der Waals surface area contributed by atoms with Gasteiger partial charge in [0.25, 0.3) is 0 Å². The fourth-order valence-electron chi connectivity index (χ4n) is 4.06. The first kappa shape index (κ1) is 16.8. The molecule has 0 aromatic rings. The summed E-state index contributed by atoms with van der Waals surface area (Å²) in [6.45, 7) is 12.9. The standard InChI is InChI=1S/C17H32N2O2/c1-5-18-17(15-7-8-15,16(20)21-6-2)12-19-10-13(3)9-14(4)11-19/h13-15,18H,5-12H2,1-4H3. The van der Waals surface area contributed by atoms with Crippen LogP contribution in [0, 0.1) is 17.8 Å². The topological polar surface area (TPSA) is 41.6 Å². The Morgan fingerprint density at radius 2 is 1.86 bits per heavy atom. The normalized spacial score (nSPS) is 29.9. The van der Waals surface area contributed by atoms with Crippen molar-refractivity contribution in [1.29, 1.82) is 0 Å². The molecule has 0 aromatic carbocycles. The van der Waals surface area contributed by atoms with Gasteiger partial charge in [0.1, 0.15) is 5.54 Å². The Bertz CT molecular complexity index is 347. The van der Waals surface area contributed by atoms with E-state index in [2.05, 4.69) is 31.0 Å². The van der Waals surface area contributed by atoms with Crippen molar-refractivity contribution in [3.05, 3.63) is 0 Å². The van der Waals surface area contributed by atoms with E-state index in [0.717, 1.165) is 50.9 Å². The first-order chi connectivity index (χ1) is 10.0. The zero-order valence-electron chi connectivity index (χ0n) is 14.2. The second kappa shape index (κ2) is 7.10. The van der Waals surface area contributed by atoms with Crippen molar-refractivity contribution in [3.63, 3.8) is 0 Å². The molecule has 3 atom stereocenters. The van der Waals surface area contributed by atoms with Crippen LogP contribution in [-0.4, -0.2) is 49.2 Å². The minimum Gasteiger partial charge on any atom is -0.465 e. The zero-order valence-corrected chi connectivity index (χ0v) is 14.2. The average molecular weight is 296 g/mol. The van der Waals surface area contributed by atoms with E-state index in [9.17, 15) is 4.79 Å². The molecular weight excluding hydrogens is 264 g/mol. The monoisotopic (exact) mass is 296 g/mol. The first-order valence-corrected chi connectivity index (χ1v) is 8.66. The van der Waals surface area contributed by atoms with Crippen molar-refractivity contribution in [3.8, 4) is 0 Å². The van der Waals surface area contributed by atoms with Crippen LogP contribution in [0.4, 0.5) is 0 Å². The third kappa shape index (κ3) is 3.98.